The van der Waals surface area contributed by atoms with Gasteiger partial charge >= 0.3 is 0 Å². The number of carbonyl (C=O) groups is 5. The van der Waals surface area contributed by atoms with Gasteiger partial charge in [0, 0.05) is 49.7 Å². The lowest BCUT2D eigenvalue weighted by atomic mass is 10.0. The molecule has 16 nitrogen and oxygen atoms in total. The van der Waals surface area contributed by atoms with Gasteiger partial charge in [-0.3, -0.25) is 34.2 Å². The molecule has 5 amide bonds. The Morgan fingerprint density at radius 2 is 1.62 bits per heavy atom. The molecular weight excluding hydrogens is 710 g/mol. The number of amides is 5. The summed E-state index contributed by atoms with van der Waals surface area (Å²) in [5.41, 5.74) is 9.74. The van der Waals surface area contributed by atoms with E-state index in [0.717, 1.165) is 16.0 Å². The molecule has 55 heavy (non-hydrogen) atoms. The van der Waals surface area contributed by atoms with Crippen LogP contribution in [-0.4, -0.2) is 95.4 Å². The summed E-state index contributed by atoms with van der Waals surface area (Å²) >= 11 is 0. The lowest BCUT2D eigenvalue weighted by Gasteiger charge is -2.27. The van der Waals surface area contributed by atoms with Gasteiger partial charge in [-0.05, 0) is 41.8 Å². The molecule has 1 saturated heterocycles. The number of piperidine rings is 1. The Balaban J connectivity index is 0.823. The van der Waals surface area contributed by atoms with Gasteiger partial charge in [-0.15, -0.1) is 10.2 Å². The average molecular weight is 752 g/mol. The van der Waals surface area contributed by atoms with Crippen molar-refractivity contribution in [2.75, 3.05) is 50.6 Å². The highest BCUT2D eigenvalue weighted by Gasteiger charge is 2.45. The zero-order valence-corrected chi connectivity index (χ0v) is 29.9. The number of ether oxygens (including phenoxy) is 3. The molecule has 1 unspecified atom stereocenters. The zero-order chi connectivity index (χ0) is 38.7. The van der Waals surface area contributed by atoms with Crippen LogP contribution < -0.4 is 26.4 Å². The fraction of sp³-hybridized carbons (Fsp3) is 0.308. The van der Waals surface area contributed by atoms with Crippen molar-refractivity contribution in [3.63, 3.8) is 0 Å². The molecule has 16 heteroatoms. The summed E-state index contributed by atoms with van der Waals surface area (Å²) in [5.74, 6) is -1.76. The van der Waals surface area contributed by atoms with E-state index in [1.165, 1.54) is 6.07 Å². The number of nitrogens with one attached hydrogen (secondary N) is 3. The maximum atomic E-state index is 13.2. The number of aromatic nitrogens is 2. The van der Waals surface area contributed by atoms with Crippen molar-refractivity contribution in [3.05, 3.63) is 95.1 Å². The molecule has 2 aliphatic heterocycles. The molecule has 3 heterocycles. The van der Waals surface area contributed by atoms with Gasteiger partial charge < -0.3 is 35.7 Å². The highest BCUT2D eigenvalue weighted by molar-refractivity contribution is 6.25. The van der Waals surface area contributed by atoms with Crippen LogP contribution in [0, 0.1) is 0 Å². The Labute approximate surface area is 316 Å². The number of anilines is 2. The second-order valence-electron chi connectivity index (χ2n) is 12.8. The van der Waals surface area contributed by atoms with E-state index in [4.69, 9.17) is 19.9 Å². The van der Waals surface area contributed by atoms with Gasteiger partial charge in [-0.1, -0.05) is 42.5 Å². The largest absolute Gasteiger partial charge is 0.507 e. The number of fused-ring (bicyclic) bond motifs is 1. The van der Waals surface area contributed by atoms with E-state index < -0.39 is 29.7 Å². The third kappa shape index (κ3) is 9.59. The molecule has 0 radical (unpaired) electrons. The molecule has 1 aromatic heterocycles. The summed E-state index contributed by atoms with van der Waals surface area (Å²) in [6.07, 6.45) is 0.942. The minimum Gasteiger partial charge on any atom is -0.507 e. The summed E-state index contributed by atoms with van der Waals surface area (Å²) < 4.78 is 17.0. The van der Waals surface area contributed by atoms with Gasteiger partial charge in [0.15, 0.2) is 11.6 Å². The second kappa shape index (κ2) is 18.1. The van der Waals surface area contributed by atoms with Crippen molar-refractivity contribution in [1.29, 1.82) is 0 Å². The minimum atomic E-state index is -1.03. The number of para-hydroxylation sites is 1. The van der Waals surface area contributed by atoms with Crippen LogP contribution in [0.1, 0.15) is 51.1 Å². The van der Waals surface area contributed by atoms with Crippen molar-refractivity contribution in [2.45, 2.75) is 38.3 Å². The third-order valence-electron chi connectivity index (χ3n) is 9.00. The van der Waals surface area contributed by atoms with Crippen molar-refractivity contribution >= 4 is 41.0 Å². The van der Waals surface area contributed by atoms with E-state index in [1.54, 1.807) is 42.5 Å². The lowest BCUT2D eigenvalue weighted by molar-refractivity contribution is -0.136. The van der Waals surface area contributed by atoms with E-state index in [0.29, 0.717) is 55.4 Å². The first-order chi connectivity index (χ1) is 26.7. The number of imide groups is 2. The molecule has 0 bridgehead atoms. The molecule has 0 aliphatic carbocycles. The van der Waals surface area contributed by atoms with Gasteiger partial charge in [0.25, 0.3) is 11.8 Å². The van der Waals surface area contributed by atoms with Gasteiger partial charge in [-0.25, -0.2) is 0 Å². The molecule has 6 N–H and O–H groups in total. The predicted molar refractivity (Wildman–Crippen MR) is 199 cm³/mol. The molecule has 2 aliphatic rings. The summed E-state index contributed by atoms with van der Waals surface area (Å²) in [6.45, 7) is 2.16. The first kappa shape index (κ1) is 38.3. The van der Waals surface area contributed by atoms with Crippen LogP contribution in [0.15, 0.2) is 72.8 Å². The topological polar surface area (TPSA) is 224 Å². The van der Waals surface area contributed by atoms with E-state index in [2.05, 4.69) is 26.1 Å². The first-order valence-electron chi connectivity index (χ1n) is 17.8. The Bertz CT molecular complexity index is 2060. The van der Waals surface area contributed by atoms with E-state index in [9.17, 15) is 29.1 Å². The van der Waals surface area contributed by atoms with Crippen molar-refractivity contribution in [2.24, 2.45) is 0 Å². The standard InChI is InChI=1S/C39H41N7O9/c40-36-32(22-29(44-45-36)26-4-1-2-7-31(26)47)55-18-14-24-8-10-25(11-9-24)23-42-33(48)15-17-53-20-21-54-19-16-41-28-6-3-5-27-35(28)39(52)46(38(27)51)30-12-13-34(49)43-37(30)50/h1-11,22,30,41,47H,12-21,23H2,(H2,40,45)(H,42,48)(H,43,49,50). The van der Waals surface area contributed by atoms with E-state index >= 15 is 0 Å². The average Bonchev–Trinajstić information content (AvgIpc) is 3.43. The number of nitrogen functional groups attached to an aromatic ring is 1. The number of carbonyl (C=O) groups excluding carboxylic acids is 5. The van der Waals surface area contributed by atoms with Crippen LogP contribution in [0.25, 0.3) is 11.3 Å². The third-order valence-corrected chi connectivity index (χ3v) is 9.00. The molecule has 0 spiro atoms. The van der Waals surface area contributed by atoms with Crippen LogP contribution in [0.4, 0.5) is 11.5 Å². The smallest absolute Gasteiger partial charge is 0.264 e. The molecule has 0 saturated carbocycles. The van der Waals surface area contributed by atoms with Crippen LogP contribution in [0.2, 0.25) is 0 Å². The summed E-state index contributed by atoms with van der Waals surface area (Å²) in [7, 11) is 0. The quantitative estimate of drug-likeness (QED) is 0.0729. The molecule has 3 aromatic carbocycles. The first-order valence-corrected chi connectivity index (χ1v) is 17.8. The van der Waals surface area contributed by atoms with Gasteiger partial charge in [0.1, 0.15) is 17.5 Å². The van der Waals surface area contributed by atoms with Gasteiger partial charge in [0.2, 0.25) is 17.7 Å². The van der Waals surface area contributed by atoms with Crippen molar-refractivity contribution in [3.8, 4) is 22.8 Å². The maximum absolute atomic E-state index is 13.2. The number of aromatic hydroxyl groups is 1. The number of hydrogen-bond acceptors (Lipinski definition) is 13. The number of phenols is 1. The fourth-order valence-electron chi connectivity index (χ4n) is 6.12. The Morgan fingerprint density at radius 3 is 2.40 bits per heavy atom. The minimum absolute atomic E-state index is 0.0502. The van der Waals surface area contributed by atoms with Crippen LogP contribution >= 0.6 is 0 Å². The second-order valence-corrected chi connectivity index (χ2v) is 12.8. The number of benzene rings is 3. The van der Waals surface area contributed by atoms with Crippen LogP contribution in [0.5, 0.6) is 11.5 Å². The highest BCUT2D eigenvalue weighted by atomic mass is 16.5. The highest BCUT2D eigenvalue weighted by Crippen LogP contribution is 2.33. The van der Waals surface area contributed by atoms with Crippen LogP contribution in [-0.2, 0) is 36.8 Å². The molecule has 4 aromatic rings. The molecule has 286 valence electrons. The number of phenolic OH excluding ortho intramolecular Hbond substituents is 1. The van der Waals surface area contributed by atoms with Gasteiger partial charge in [0.05, 0.1) is 44.2 Å². The normalized spacial score (nSPS) is 15.1. The lowest BCUT2D eigenvalue weighted by Crippen LogP contribution is -2.54. The maximum Gasteiger partial charge on any atom is 0.264 e. The van der Waals surface area contributed by atoms with E-state index in [-0.39, 0.29) is 67.7 Å². The number of rotatable bonds is 18. The van der Waals surface area contributed by atoms with E-state index in [1.807, 2.05) is 24.3 Å². The number of nitrogens with two attached hydrogens (primary N) is 1. The molecule has 1 atom stereocenters. The SMILES string of the molecule is Nc1nnc(-c2ccccc2O)cc1OCCc1ccc(CNC(=O)CCOCCOCCNc2cccc3c2C(=O)N(C2CCC(=O)NC2=O)C3=O)cc1. The zero-order valence-electron chi connectivity index (χ0n) is 29.9. The number of hydrogen-bond donors (Lipinski definition) is 5. The summed E-state index contributed by atoms with van der Waals surface area (Å²) in [4.78, 5) is 63.3. The summed E-state index contributed by atoms with van der Waals surface area (Å²) in [6, 6.07) is 20.1. The van der Waals surface area contributed by atoms with Crippen molar-refractivity contribution in [1.82, 2.24) is 25.7 Å². The Hall–Kier alpha value is -6.39. The Kier molecular flexibility index (Phi) is 12.6. The molecule has 1 fully saturated rings. The fourth-order valence-corrected chi connectivity index (χ4v) is 6.12. The molecule has 6 rings (SSSR count). The monoisotopic (exact) mass is 751 g/mol. The van der Waals surface area contributed by atoms with Crippen LogP contribution in [0.3, 0.4) is 0 Å². The Morgan fingerprint density at radius 1 is 0.873 bits per heavy atom. The number of nitrogens with zero attached hydrogens (tertiary/aromatic N) is 3. The summed E-state index contributed by atoms with van der Waals surface area (Å²) in [5, 5.41) is 26.3. The van der Waals surface area contributed by atoms with Crippen molar-refractivity contribution < 1.29 is 43.3 Å². The predicted octanol–water partition coefficient (Wildman–Crippen LogP) is 2.61. The molecular formula is C39H41N7O9. The van der Waals surface area contributed by atoms with Gasteiger partial charge in [-0.2, -0.15) is 0 Å².